The summed E-state index contributed by atoms with van der Waals surface area (Å²) in [5, 5.41) is 7.26. The van der Waals surface area contributed by atoms with Crippen LogP contribution in [-0.4, -0.2) is 10.3 Å². The minimum absolute atomic E-state index is 0.337. The average molecular weight is 266 g/mol. The van der Waals surface area contributed by atoms with E-state index < -0.39 is 0 Å². The number of allylic oxidation sites excluding steroid dienone is 1. The first-order valence-electron chi connectivity index (χ1n) is 3.11. The predicted molar refractivity (Wildman–Crippen MR) is 54.8 cm³/mol. The number of ether oxygens (including phenoxy) is 1. The van der Waals surface area contributed by atoms with Crippen LogP contribution in [0.5, 0.6) is 0 Å². The Balaban J connectivity index is 4.29. The van der Waals surface area contributed by atoms with Gasteiger partial charge in [-0.2, -0.15) is 0 Å². The fourth-order valence-corrected chi connectivity index (χ4v) is 1.02. The predicted octanol–water partition coefficient (Wildman–Crippen LogP) is 1.79. The van der Waals surface area contributed by atoms with Crippen molar-refractivity contribution < 1.29 is 4.74 Å². The third-order valence-corrected chi connectivity index (χ3v) is 1.60. The number of hydrogen-bond acceptors (Lipinski definition) is 3. The molecule has 0 aromatic rings. The Morgan fingerprint density at radius 2 is 2.36 bits per heavy atom. The van der Waals surface area contributed by atoms with Gasteiger partial charge in [0.1, 0.15) is 9.48 Å². The molecule has 11 heavy (non-hydrogen) atoms. The molecule has 0 rings (SSSR count). The summed E-state index contributed by atoms with van der Waals surface area (Å²) >= 11 is 1.85. The lowest BCUT2D eigenvalue weighted by molar-refractivity contribution is 0.242. The molecule has 0 aliphatic heterocycles. The minimum Gasteiger partial charge on any atom is -0.494 e. The zero-order valence-corrected chi connectivity index (χ0v) is 8.51. The summed E-state index contributed by atoms with van der Waals surface area (Å²) in [5.74, 6) is 0.453. The Morgan fingerprint density at radius 1 is 1.82 bits per heavy atom. The molecule has 0 aliphatic rings. The molecule has 0 aliphatic carbocycles. The second-order valence-electron chi connectivity index (χ2n) is 1.75. The van der Waals surface area contributed by atoms with E-state index in [2.05, 4.69) is 6.58 Å². The maximum Gasteiger partial charge on any atom is 0.123 e. The van der Waals surface area contributed by atoms with E-state index in [9.17, 15) is 0 Å². The maximum atomic E-state index is 7.26. The quantitative estimate of drug-likeness (QED) is 0.353. The summed E-state index contributed by atoms with van der Waals surface area (Å²) in [6.07, 6.45) is 1.33. The third-order valence-electron chi connectivity index (χ3n) is 1.02. The topological polar surface area (TPSA) is 59.1 Å². The molecule has 0 fully saturated rings. The van der Waals surface area contributed by atoms with Crippen LogP contribution in [0.4, 0.5) is 0 Å². The van der Waals surface area contributed by atoms with E-state index in [4.69, 9.17) is 15.9 Å². The molecule has 0 saturated carbocycles. The van der Waals surface area contributed by atoms with Crippen LogP contribution in [-0.2, 0) is 4.74 Å². The highest BCUT2D eigenvalue weighted by atomic mass is 127. The maximum absolute atomic E-state index is 7.26. The van der Waals surface area contributed by atoms with Crippen LogP contribution in [0, 0.1) is 5.41 Å². The van der Waals surface area contributed by atoms with Crippen LogP contribution in [0.1, 0.15) is 6.92 Å². The van der Waals surface area contributed by atoms with Crippen LogP contribution in [0.3, 0.4) is 0 Å². The second-order valence-corrected chi connectivity index (χ2v) is 2.83. The first kappa shape index (κ1) is 10.5. The lowest BCUT2D eigenvalue weighted by Gasteiger charge is -2.07. The molecule has 4 heteroatoms. The Morgan fingerprint density at radius 3 is 2.64 bits per heavy atom. The molecule has 0 bridgehead atoms. The van der Waals surface area contributed by atoms with Gasteiger partial charge >= 0.3 is 0 Å². The van der Waals surface area contributed by atoms with Gasteiger partial charge in [0.2, 0.25) is 0 Å². The largest absolute Gasteiger partial charge is 0.494 e. The first-order chi connectivity index (χ1) is 5.13. The van der Waals surface area contributed by atoms with E-state index in [0.717, 1.165) is 0 Å². The Bertz CT molecular complexity index is 199. The summed E-state index contributed by atoms with van der Waals surface area (Å²) in [4.78, 5) is 0. The molecule has 0 unspecified atom stereocenters. The number of nitrogens with two attached hydrogens (primary N) is 1. The van der Waals surface area contributed by atoms with Gasteiger partial charge in [0.05, 0.1) is 12.2 Å². The van der Waals surface area contributed by atoms with Crippen molar-refractivity contribution in [1.29, 1.82) is 5.41 Å². The van der Waals surface area contributed by atoms with Gasteiger partial charge in [-0.1, -0.05) is 6.58 Å². The third kappa shape index (κ3) is 3.41. The highest BCUT2D eigenvalue weighted by Gasteiger charge is 2.05. The van der Waals surface area contributed by atoms with Gasteiger partial charge in [0.25, 0.3) is 0 Å². The van der Waals surface area contributed by atoms with E-state index in [1.807, 2.05) is 29.5 Å². The molecule has 3 N–H and O–H groups in total. The standard InChI is InChI=1S/C7H11IN2O/c1-3-11-5(2)6(4-9)7(8)10/h4,10H,2-3,9H2,1H3/b6-4-,10-7?. The van der Waals surface area contributed by atoms with Crippen molar-refractivity contribution in [2.45, 2.75) is 6.92 Å². The highest BCUT2D eigenvalue weighted by molar-refractivity contribution is 14.1. The van der Waals surface area contributed by atoms with Gasteiger partial charge in [-0.25, -0.2) is 0 Å². The number of nitrogens with one attached hydrogen (secondary N) is 1. The number of hydrogen-bond donors (Lipinski definition) is 2. The number of halogens is 1. The van der Waals surface area contributed by atoms with Crippen molar-refractivity contribution >= 4 is 26.3 Å². The van der Waals surface area contributed by atoms with Gasteiger partial charge < -0.3 is 10.5 Å². The van der Waals surface area contributed by atoms with Crippen molar-refractivity contribution in [3.63, 3.8) is 0 Å². The van der Waals surface area contributed by atoms with Crippen molar-refractivity contribution in [2.24, 2.45) is 5.73 Å². The normalized spacial score (nSPS) is 10.9. The molecule has 0 saturated heterocycles. The second kappa shape index (κ2) is 5.17. The molecule has 0 atom stereocenters. The molecular weight excluding hydrogens is 255 g/mol. The summed E-state index contributed by atoms with van der Waals surface area (Å²) in [6, 6.07) is 0. The van der Waals surface area contributed by atoms with Crippen molar-refractivity contribution in [3.05, 3.63) is 24.1 Å². The zero-order valence-electron chi connectivity index (χ0n) is 6.36. The van der Waals surface area contributed by atoms with Crippen molar-refractivity contribution in [2.75, 3.05) is 6.61 Å². The monoisotopic (exact) mass is 266 g/mol. The molecule has 62 valence electrons. The smallest absolute Gasteiger partial charge is 0.123 e. The summed E-state index contributed by atoms with van der Waals surface area (Å²) < 4.78 is 5.40. The molecule has 0 aromatic heterocycles. The Hall–Kier alpha value is -0.520. The molecule has 0 spiro atoms. The van der Waals surface area contributed by atoms with Gasteiger partial charge in [0, 0.05) is 6.20 Å². The summed E-state index contributed by atoms with van der Waals surface area (Å²) in [7, 11) is 0. The van der Waals surface area contributed by atoms with Gasteiger partial charge in [-0.3, -0.25) is 5.41 Å². The van der Waals surface area contributed by atoms with E-state index in [1.54, 1.807) is 0 Å². The lowest BCUT2D eigenvalue weighted by Crippen LogP contribution is -2.02. The Labute approximate surface area is 80.0 Å². The van der Waals surface area contributed by atoms with Crippen LogP contribution in [0.25, 0.3) is 0 Å². The molecule has 0 aromatic carbocycles. The summed E-state index contributed by atoms with van der Waals surface area (Å²) in [5.41, 5.74) is 5.80. The van der Waals surface area contributed by atoms with Crippen LogP contribution in [0.15, 0.2) is 24.1 Å². The van der Waals surface area contributed by atoms with Crippen molar-refractivity contribution in [1.82, 2.24) is 0 Å². The molecule has 0 radical (unpaired) electrons. The van der Waals surface area contributed by atoms with Crippen molar-refractivity contribution in [3.8, 4) is 0 Å². The fourth-order valence-electron chi connectivity index (χ4n) is 0.540. The molecule has 0 heterocycles. The highest BCUT2D eigenvalue weighted by Crippen LogP contribution is 2.12. The first-order valence-corrected chi connectivity index (χ1v) is 4.19. The van der Waals surface area contributed by atoms with Crippen LogP contribution in [0.2, 0.25) is 0 Å². The van der Waals surface area contributed by atoms with Gasteiger partial charge in [-0.15, -0.1) is 0 Å². The zero-order chi connectivity index (χ0) is 8.85. The van der Waals surface area contributed by atoms with E-state index >= 15 is 0 Å². The Kier molecular flexibility index (Phi) is 4.93. The molecule has 3 nitrogen and oxygen atoms in total. The van der Waals surface area contributed by atoms with E-state index in [1.165, 1.54) is 6.20 Å². The summed E-state index contributed by atoms with van der Waals surface area (Å²) in [6.45, 7) is 6.02. The minimum atomic E-state index is 0.337. The van der Waals surface area contributed by atoms with Gasteiger partial charge in [0.15, 0.2) is 0 Å². The SMILES string of the molecule is C=C(OCC)/C(=C/N)C(=N)I. The van der Waals surface area contributed by atoms with E-state index in [0.29, 0.717) is 21.7 Å². The molecular formula is C7H11IN2O. The fraction of sp³-hybridized carbons (Fsp3) is 0.286. The van der Waals surface area contributed by atoms with Gasteiger partial charge in [-0.05, 0) is 29.5 Å². The number of rotatable bonds is 4. The molecule has 0 amide bonds. The van der Waals surface area contributed by atoms with Crippen LogP contribution >= 0.6 is 22.6 Å². The van der Waals surface area contributed by atoms with E-state index in [-0.39, 0.29) is 0 Å². The lowest BCUT2D eigenvalue weighted by atomic mass is 10.3. The van der Waals surface area contributed by atoms with Crippen LogP contribution < -0.4 is 5.73 Å². The average Bonchev–Trinajstić information content (AvgIpc) is 1.88.